The number of piperazine rings is 1. The number of nitrogens with one attached hydrogen (secondary N) is 1. The average molecular weight is 331 g/mol. The molecule has 0 aromatic heterocycles. The normalized spacial score (nSPS) is 16.9. The fourth-order valence-electron chi connectivity index (χ4n) is 3.12. The van der Waals surface area contributed by atoms with Gasteiger partial charge in [-0.25, -0.2) is 4.39 Å². The molecule has 0 unspecified atom stereocenters. The summed E-state index contributed by atoms with van der Waals surface area (Å²) in [4.78, 5) is 2.46. The number of unbranched alkanes of at least 4 members (excludes halogenated alkanes) is 2. The smallest absolute Gasteiger partial charge is 0.165 e. The molecule has 3 nitrogen and oxygen atoms in total. The average Bonchev–Trinajstić information content (AvgIpc) is 2.52. The lowest BCUT2D eigenvalue weighted by Gasteiger charge is -2.36. The van der Waals surface area contributed by atoms with Crippen LogP contribution in [0.25, 0.3) is 0 Å². The van der Waals surface area contributed by atoms with Gasteiger partial charge in [0.05, 0.1) is 7.11 Å². The first-order valence-corrected chi connectivity index (χ1v) is 8.05. The molecule has 1 aliphatic heterocycles. The van der Waals surface area contributed by atoms with Crippen LogP contribution in [0.3, 0.4) is 0 Å². The minimum Gasteiger partial charge on any atom is -0.493 e. The van der Waals surface area contributed by atoms with E-state index in [0.29, 0.717) is 5.75 Å². The quantitative estimate of drug-likeness (QED) is 0.770. The molecule has 1 heterocycles. The van der Waals surface area contributed by atoms with Crippen molar-refractivity contribution in [3.05, 3.63) is 29.6 Å². The summed E-state index contributed by atoms with van der Waals surface area (Å²) in [6.07, 6.45) is 4.66. The zero-order valence-corrected chi connectivity index (χ0v) is 14.4. The number of hydrogen-bond donors (Lipinski definition) is 1. The molecular formula is C17H28ClFN2O. The fourth-order valence-corrected chi connectivity index (χ4v) is 3.12. The molecule has 0 saturated carbocycles. The van der Waals surface area contributed by atoms with Gasteiger partial charge in [-0.3, -0.25) is 4.90 Å². The lowest BCUT2D eigenvalue weighted by molar-refractivity contribution is 0.159. The SMILES string of the molecule is CCCCC[C@H](c1cccc(F)c1OC)N1CCNCC1.Cl. The van der Waals surface area contributed by atoms with Gasteiger partial charge in [-0.2, -0.15) is 0 Å². The Kier molecular flexibility index (Phi) is 8.76. The van der Waals surface area contributed by atoms with E-state index in [9.17, 15) is 4.39 Å². The van der Waals surface area contributed by atoms with Crippen molar-refractivity contribution in [1.82, 2.24) is 10.2 Å². The van der Waals surface area contributed by atoms with Crippen molar-refractivity contribution in [2.24, 2.45) is 0 Å². The van der Waals surface area contributed by atoms with Crippen molar-refractivity contribution >= 4 is 12.4 Å². The van der Waals surface area contributed by atoms with E-state index in [-0.39, 0.29) is 24.3 Å². The Balaban J connectivity index is 0.00000242. The summed E-state index contributed by atoms with van der Waals surface area (Å²) in [5, 5.41) is 3.38. The molecule has 1 saturated heterocycles. The molecular weight excluding hydrogens is 303 g/mol. The second-order valence-corrected chi connectivity index (χ2v) is 5.66. The number of para-hydroxylation sites is 1. The van der Waals surface area contributed by atoms with E-state index in [1.54, 1.807) is 13.2 Å². The highest BCUT2D eigenvalue weighted by Crippen LogP contribution is 2.35. The molecule has 2 rings (SSSR count). The van der Waals surface area contributed by atoms with Crippen molar-refractivity contribution in [1.29, 1.82) is 0 Å². The minimum absolute atomic E-state index is 0. The third-order valence-electron chi connectivity index (χ3n) is 4.23. The maximum Gasteiger partial charge on any atom is 0.165 e. The predicted molar refractivity (Wildman–Crippen MR) is 91.5 cm³/mol. The highest BCUT2D eigenvalue weighted by molar-refractivity contribution is 5.85. The maximum atomic E-state index is 14.0. The van der Waals surface area contributed by atoms with E-state index in [0.717, 1.165) is 38.2 Å². The molecule has 1 atom stereocenters. The Morgan fingerprint density at radius 2 is 2.00 bits per heavy atom. The van der Waals surface area contributed by atoms with Crippen molar-refractivity contribution in [3.63, 3.8) is 0 Å². The molecule has 22 heavy (non-hydrogen) atoms. The number of rotatable bonds is 7. The van der Waals surface area contributed by atoms with Gasteiger partial charge in [-0.1, -0.05) is 38.3 Å². The van der Waals surface area contributed by atoms with Crippen LogP contribution in [0, 0.1) is 5.82 Å². The van der Waals surface area contributed by atoms with Crippen LogP contribution in [0.2, 0.25) is 0 Å². The summed E-state index contributed by atoms with van der Waals surface area (Å²) >= 11 is 0. The largest absolute Gasteiger partial charge is 0.493 e. The number of nitrogens with zero attached hydrogens (tertiary/aromatic N) is 1. The number of hydrogen-bond acceptors (Lipinski definition) is 3. The first-order chi connectivity index (χ1) is 10.3. The zero-order valence-electron chi connectivity index (χ0n) is 13.6. The van der Waals surface area contributed by atoms with E-state index in [2.05, 4.69) is 17.1 Å². The number of ether oxygens (including phenoxy) is 1. The second kappa shape index (κ2) is 10.0. The van der Waals surface area contributed by atoms with Gasteiger partial charge in [-0.15, -0.1) is 12.4 Å². The summed E-state index contributed by atoms with van der Waals surface area (Å²) in [5.74, 6) is 0.156. The Hall–Kier alpha value is -0.840. The number of methoxy groups -OCH3 is 1. The zero-order chi connectivity index (χ0) is 15.1. The molecule has 0 radical (unpaired) electrons. The van der Waals surface area contributed by atoms with Crippen LogP contribution in [0.5, 0.6) is 5.75 Å². The first kappa shape index (κ1) is 19.2. The molecule has 0 bridgehead atoms. The van der Waals surface area contributed by atoms with Gasteiger partial charge in [0, 0.05) is 37.8 Å². The number of benzene rings is 1. The van der Waals surface area contributed by atoms with E-state index < -0.39 is 0 Å². The predicted octanol–water partition coefficient (Wildman–Crippen LogP) is 3.78. The van der Waals surface area contributed by atoms with Crippen molar-refractivity contribution in [2.45, 2.75) is 38.6 Å². The molecule has 1 N–H and O–H groups in total. The molecule has 0 aliphatic carbocycles. The molecule has 126 valence electrons. The Labute approximate surface area is 139 Å². The molecule has 1 fully saturated rings. The lowest BCUT2D eigenvalue weighted by Crippen LogP contribution is -2.45. The van der Waals surface area contributed by atoms with Crippen LogP contribution < -0.4 is 10.1 Å². The van der Waals surface area contributed by atoms with E-state index in [1.165, 1.54) is 25.3 Å². The molecule has 1 aromatic rings. The molecule has 0 spiro atoms. The van der Waals surface area contributed by atoms with Crippen LogP contribution in [0.1, 0.15) is 44.2 Å². The van der Waals surface area contributed by atoms with Crippen LogP contribution in [-0.2, 0) is 0 Å². The maximum absolute atomic E-state index is 14.0. The first-order valence-electron chi connectivity index (χ1n) is 8.05. The summed E-state index contributed by atoms with van der Waals surface area (Å²) in [6, 6.07) is 5.54. The summed E-state index contributed by atoms with van der Waals surface area (Å²) in [5.41, 5.74) is 0.996. The highest BCUT2D eigenvalue weighted by atomic mass is 35.5. The van der Waals surface area contributed by atoms with Gasteiger partial charge in [0.1, 0.15) is 0 Å². The Morgan fingerprint density at radius 3 is 2.64 bits per heavy atom. The standard InChI is InChI=1S/C17H27FN2O.ClH/c1-3-4-5-9-16(20-12-10-19-11-13-20)14-7-6-8-15(18)17(14)21-2;/h6-8,16,19H,3-5,9-13H2,1-2H3;1H/t16-;/m1./s1. The van der Waals surface area contributed by atoms with Crippen LogP contribution in [0.4, 0.5) is 4.39 Å². The van der Waals surface area contributed by atoms with Crippen molar-refractivity contribution < 1.29 is 9.13 Å². The molecule has 1 aromatic carbocycles. The van der Waals surface area contributed by atoms with E-state index in [1.807, 2.05) is 6.07 Å². The Morgan fingerprint density at radius 1 is 1.27 bits per heavy atom. The van der Waals surface area contributed by atoms with Gasteiger partial charge in [-0.05, 0) is 12.5 Å². The highest BCUT2D eigenvalue weighted by Gasteiger charge is 2.25. The van der Waals surface area contributed by atoms with Gasteiger partial charge >= 0.3 is 0 Å². The van der Waals surface area contributed by atoms with Crippen LogP contribution in [0.15, 0.2) is 18.2 Å². The Bertz CT molecular complexity index is 439. The molecule has 1 aliphatic rings. The number of halogens is 2. The third kappa shape index (κ3) is 4.83. The summed E-state index contributed by atoms with van der Waals surface area (Å²) < 4.78 is 19.3. The van der Waals surface area contributed by atoms with Crippen LogP contribution in [-0.4, -0.2) is 38.2 Å². The lowest BCUT2D eigenvalue weighted by atomic mass is 9.97. The topological polar surface area (TPSA) is 24.5 Å². The van der Waals surface area contributed by atoms with Gasteiger partial charge in [0.2, 0.25) is 0 Å². The third-order valence-corrected chi connectivity index (χ3v) is 4.23. The molecule has 5 heteroatoms. The van der Waals surface area contributed by atoms with Gasteiger partial charge in [0.25, 0.3) is 0 Å². The van der Waals surface area contributed by atoms with Crippen molar-refractivity contribution in [3.8, 4) is 5.75 Å². The fraction of sp³-hybridized carbons (Fsp3) is 0.647. The monoisotopic (exact) mass is 330 g/mol. The summed E-state index contributed by atoms with van der Waals surface area (Å²) in [6.45, 7) is 6.24. The second-order valence-electron chi connectivity index (χ2n) is 5.66. The van der Waals surface area contributed by atoms with Crippen LogP contribution >= 0.6 is 12.4 Å². The summed E-state index contributed by atoms with van der Waals surface area (Å²) in [7, 11) is 1.56. The van der Waals surface area contributed by atoms with Gasteiger partial charge in [0.15, 0.2) is 11.6 Å². The molecule has 0 amide bonds. The van der Waals surface area contributed by atoms with Gasteiger partial charge < -0.3 is 10.1 Å². The minimum atomic E-state index is -0.259. The van der Waals surface area contributed by atoms with E-state index >= 15 is 0 Å². The van der Waals surface area contributed by atoms with E-state index in [4.69, 9.17) is 4.74 Å². The van der Waals surface area contributed by atoms with Crippen molar-refractivity contribution in [2.75, 3.05) is 33.3 Å².